The Kier molecular flexibility index (Phi) is 5.00. The number of halogens is 3. The van der Waals surface area contributed by atoms with Gasteiger partial charge in [-0.15, -0.1) is 0 Å². The highest BCUT2D eigenvalue weighted by atomic mass is 19.4. The van der Waals surface area contributed by atoms with E-state index in [4.69, 9.17) is 5.73 Å². The van der Waals surface area contributed by atoms with Crippen molar-refractivity contribution in [1.82, 2.24) is 4.90 Å². The molecule has 2 fully saturated rings. The SMILES string of the molecule is CCCCN(C1CC1)C1(CN)CCC(C(F)(F)F)CC1. The molecule has 2 aliphatic carbocycles. The van der Waals surface area contributed by atoms with E-state index in [0.717, 1.165) is 19.4 Å². The monoisotopic (exact) mass is 292 g/mol. The molecule has 0 heterocycles. The summed E-state index contributed by atoms with van der Waals surface area (Å²) in [5, 5.41) is 0. The van der Waals surface area contributed by atoms with E-state index in [1.807, 2.05) is 0 Å². The third kappa shape index (κ3) is 3.48. The second-order valence-electron chi connectivity index (χ2n) is 6.52. The van der Waals surface area contributed by atoms with Gasteiger partial charge in [-0.3, -0.25) is 4.90 Å². The lowest BCUT2D eigenvalue weighted by Gasteiger charge is -2.48. The van der Waals surface area contributed by atoms with E-state index in [1.165, 1.54) is 12.8 Å². The van der Waals surface area contributed by atoms with Crippen LogP contribution in [0.1, 0.15) is 58.3 Å². The Labute approximate surface area is 119 Å². The zero-order chi connectivity index (χ0) is 14.8. The molecule has 2 nitrogen and oxygen atoms in total. The molecule has 2 aliphatic rings. The van der Waals surface area contributed by atoms with Crippen LogP contribution in [0.4, 0.5) is 13.2 Å². The van der Waals surface area contributed by atoms with Crippen LogP contribution in [0.3, 0.4) is 0 Å². The van der Waals surface area contributed by atoms with Crippen LogP contribution < -0.4 is 5.73 Å². The molecule has 20 heavy (non-hydrogen) atoms. The fourth-order valence-electron chi connectivity index (χ4n) is 3.61. The summed E-state index contributed by atoms with van der Waals surface area (Å²) in [5.41, 5.74) is 5.84. The minimum atomic E-state index is -4.03. The van der Waals surface area contributed by atoms with Crippen molar-refractivity contribution in [2.45, 2.75) is 76.0 Å². The average molecular weight is 292 g/mol. The average Bonchev–Trinajstić information content (AvgIpc) is 3.23. The first-order valence-corrected chi connectivity index (χ1v) is 7.96. The molecule has 0 aliphatic heterocycles. The molecule has 118 valence electrons. The molecule has 5 heteroatoms. The maximum Gasteiger partial charge on any atom is 0.391 e. The van der Waals surface area contributed by atoms with Gasteiger partial charge >= 0.3 is 6.18 Å². The van der Waals surface area contributed by atoms with Gasteiger partial charge in [-0.1, -0.05) is 13.3 Å². The van der Waals surface area contributed by atoms with Crippen LogP contribution in [0.2, 0.25) is 0 Å². The van der Waals surface area contributed by atoms with Crippen molar-refractivity contribution >= 4 is 0 Å². The van der Waals surface area contributed by atoms with Gasteiger partial charge in [-0.2, -0.15) is 13.2 Å². The zero-order valence-electron chi connectivity index (χ0n) is 12.4. The quantitative estimate of drug-likeness (QED) is 0.809. The van der Waals surface area contributed by atoms with Gasteiger partial charge in [0.05, 0.1) is 5.92 Å². The van der Waals surface area contributed by atoms with Crippen molar-refractivity contribution in [3.63, 3.8) is 0 Å². The van der Waals surface area contributed by atoms with Crippen molar-refractivity contribution in [1.29, 1.82) is 0 Å². The number of alkyl halides is 3. The largest absolute Gasteiger partial charge is 0.391 e. The summed E-state index contributed by atoms with van der Waals surface area (Å²) in [5.74, 6) is -1.12. The van der Waals surface area contributed by atoms with Crippen LogP contribution in [0.25, 0.3) is 0 Å². The van der Waals surface area contributed by atoms with Crippen LogP contribution in [-0.2, 0) is 0 Å². The van der Waals surface area contributed by atoms with Crippen LogP contribution in [0.15, 0.2) is 0 Å². The summed E-state index contributed by atoms with van der Waals surface area (Å²) >= 11 is 0. The van der Waals surface area contributed by atoms with E-state index in [9.17, 15) is 13.2 Å². The van der Waals surface area contributed by atoms with Gasteiger partial charge in [-0.05, 0) is 51.5 Å². The first kappa shape index (κ1) is 16.1. The predicted octanol–water partition coefficient (Wildman–Crippen LogP) is 3.70. The van der Waals surface area contributed by atoms with E-state index < -0.39 is 12.1 Å². The highest BCUT2D eigenvalue weighted by Crippen LogP contribution is 2.46. The summed E-state index contributed by atoms with van der Waals surface area (Å²) < 4.78 is 38.5. The van der Waals surface area contributed by atoms with Gasteiger partial charge in [0, 0.05) is 18.1 Å². The lowest BCUT2D eigenvalue weighted by Crippen LogP contribution is -2.57. The van der Waals surface area contributed by atoms with Gasteiger partial charge in [0.25, 0.3) is 0 Å². The first-order chi connectivity index (χ1) is 9.43. The number of rotatable bonds is 6. The lowest BCUT2D eigenvalue weighted by atomic mass is 9.74. The molecule has 0 atom stereocenters. The Bertz CT molecular complexity index is 305. The summed E-state index contributed by atoms with van der Waals surface area (Å²) in [4.78, 5) is 2.46. The first-order valence-electron chi connectivity index (χ1n) is 7.96. The molecule has 0 spiro atoms. The second-order valence-corrected chi connectivity index (χ2v) is 6.52. The minimum absolute atomic E-state index is 0.169. The fourth-order valence-corrected chi connectivity index (χ4v) is 3.61. The highest BCUT2D eigenvalue weighted by molar-refractivity contribution is 5.02. The predicted molar refractivity (Wildman–Crippen MR) is 74.4 cm³/mol. The zero-order valence-corrected chi connectivity index (χ0v) is 12.4. The second kappa shape index (κ2) is 6.22. The Morgan fingerprint density at radius 3 is 2.15 bits per heavy atom. The van der Waals surface area contributed by atoms with Crippen LogP contribution in [0, 0.1) is 5.92 Å². The van der Waals surface area contributed by atoms with Gasteiger partial charge < -0.3 is 5.73 Å². The summed E-state index contributed by atoms with van der Waals surface area (Å²) in [6.07, 6.45) is 2.28. The molecule has 2 rings (SSSR count). The molecule has 0 aromatic rings. The normalized spacial score (nSPS) is 31.8. The van der Waals surface area contributed by atoms with Crippen molar-refractivity contribution in [3.05, 3.63) is 0 Å². The third-order valence-electron chi connectivity index (χ3n) is 5.11. The van der Waals surface area contributed by atoms with Gasteiger partial charge in [0.1, 0.15) is 0 Å². The van der Waals surface area contributed by atoms with E-state index >= 15 is 0 Å². The van der Waals surface area contributed by atoms with E-state index in [1.54, 1.807) is 0 Å². The van der Waals surface area contributed by atoms with Gasteiger partial charge in [0.15, 0.2) is 0 Å². The van der Waals surface area contributed by atoms with Crippen LogP contribution in [-0.4, -0.2) is 35.7 Å². The van der Waals surface area contributed by atoms with Crippen molar-refractivity contribution in [2.75, 3.05) is 13.1 Å². The number of unbranched alkanes of at least 4 members (excludes halogenated alkanes) is 1. The Balaban J connectivity index is 2.02. The molecule has 2 N–H and O–H groups in total. The molecule has 2 saturated carbocycles. The molecule has 0 aromatic heterocycles. The van der Waals surface area contributed by atoms with Crippen LogP contribution >= 0.6 is 0 Å². The maximum atomic E-state index is 12.8. The van der Waals surface area contributed by atoms with Crippen molar-refractivity contribution < 1.29 is 13.2 Å². The van der Waals surface area contributed by atoms with Gasteiger partial charge in [-0.25, -0.2) is 0 Å². The molecule has 0 unspecified atom stereocenters. The molecule has 0 saturated heterocycles. The van der Waals surface area contributed by atoms with E-state index in [2.05, 4.69) is 11.8 Å². The topological polar surface area (TPSA) is 29.3 Å². The van der Waals surface area contributed by atoms with E-state index in [-0.39, 0.29) is 18.4 Å². The van der Waals surface area contributed by atoms with Gasteiger partial charge in [0.2, 0.25) is 0 Å². The summed E-state index contributed by atoms with van der Waals surface area (Å²) in [7, 11) is 0. The number of nitrogens with two attached hydrogens (primary N) is 1. The minimum Gasteiger partial charge on any atom is -0.329 e. The molecule has 0 radical (unpaired) electrons. The third-order valence-corrected chi connectivity index (χ3v) is 5.11. The molecular formula is C15H27F3N2. The Hall–Kier alpha value is -0.290. The molecule has 0 amide bonds. The Morgan fingerprint density at radius 1 is 1.15 bits per heavy atom. The standard InChI is InChI=1S/C15H27F3N2/c1-2-3-10-20(13-4-5-13)14(11-19)8-6-12(7-9-14)15(16,17)18/h12-13H,2-11,19H2,1H3. The van der Waals surface area contributed by atoms with Crippen molar-refractivity contribution in [2.24, 2.45) is 11.7 Å². The smallest absolute Gasteiger partial charge is 0.329 e. The lowest BCUT2D eigenvalue weighted by molar-refractivity contribution is -0.188. The number of hydrogen-bond donors (Lipinski definition) is 1. The molecule has 0 aromatic carbocycles. The Morgan fingerprint density at radius 2 is 1.75 bits per heavy atom. The summed E-state index contributed by atoms with van der Waals surface area (Å²) in [6.45, 7) is 3.65. The molecule has 0 bridgehead atoms. The maximum absolute atomic E-state index is 12.8. The fraction of sp³-hybridized carbons (Fsp3) is 1.00. The van der Waals surface area contributed by atoms with Crippen LogP contribution in [0.5, 0.6) is 0 Å². The molecular weight excluding hydrogens is 265 g/mol. The van der Waals surface area contributed by atoms with Crippen molar-refractivity contribution in [3.8, 4) is 0 Å². The summed E-state index contributed by atoms with van der Waals surface area (Å²) in [6, 6.07) is 0.576. The highest BCUT2D eigenvalue weighted by Gasteiger charge is 2.49. The van der Waals surface area contributed by atoms with E-state index in [0.29, 0.717) is 25.4 Å². The number of nitrogens with zero attached hydrogens (tertiary/aromatic N) is 1. The number of hydrogen-bond acceptors (Lipinski definition) is 2.